The number of nitrogens with zero attached hydrogens (tertiary/aromatic N) is 1. The molecule has 1 heterocycles. The van der Waals surface area contributed by atoms with E-state index >= 15 is 0 Å². The molecular weight excluding hydrogens is 450 g/mol. The lowest BCUT2D eigenvalue weighted by molar-refractivity contribution is -0.116. The lowest BCUT2D eigenvalue weighted by Crippen LogP contribution is -2.19. The van der Waals surface area contributed by atoms with Crippen LogP contribution in [0.4, 0.5) is 10.8 Å². The number of nitrogens with one attached hydrogen (secondary N) is 2. The van der Waals surface area contributed by atoms with Gasteiger partial charge in [0, 0.05) is 16.0 Å². The Morgan fingerprint density at radius 1 is 0.909 bits per heavy atom. The first-order chi connectivity index (χ1) is 16.1. The number of thioether (sulfide) groups is 1. The first kappa shape index (κ1) is 22.8. The van der Waals surface area contributed by atoms with Crippen molar-refractivity contribution >= 4 is 45.7 Å². The highest BCUT2D eigenvalue weighted by atomic mass is 32.2. The van der Waals surface area contributed by atoms with E-state index in [1.807, 2.05) is 97.2 Å². The van der Waals surface area contributed by atoms with Crippen LogP contribution < -0.4 is 10.6 Å². The van der Waals surface area contributed by atoms with Crippen molar-refractivity contribution in [3.63, 3.8) is 0 Å². The van der Waals surface area contributed by atoms with Gasteiger partial charge >= 0.3 is 0 Å². The minimum Gasteiger partial charge on any atom is -0.326 e. The average molecular weight is 474 g/mol. The van der Waals surface area contributed by atoms with E-state index in [1.165, 1.54) is 23.1 Å². The van der Waals surface area contributed by atoms with Gasteiger partial charge in [0.15, 0.2) is 5.13 Å². The predicted octanol–water partition coefficient (Wildman–Crippen LogP) is 6.10. The van der Waals surface area contributed by atoms with E-state index in [4.69, 9.17) is 0 Å². The summed E-state index contributed by atoms with van der Waals surface area (Å²) in [4.78, 5) is 30.7. The Morgan fingerprint density at radius 3 is 2.21 bits per heavy atom. The zero-order chi connectivity index (χ0) is 23.0. The molecule has 0 aliphatic carbocycles. The number of aryl methyl sites for hydroxylation is 1. The van der Waals surface area contributed by atoms with E-state index in [9.17, 15) is 9.59 Å². The summed E-state index contributed by atoms with van der Waals surface area (Å²) >= 11 is 2.87. The molecule has 3 aromatic carbocycles. The molecule has 1 unspecified atom stereocenters. The van der Waals surface area contributed by atoms with Crippen LogP contribution in [-0.4, -0.2) is 16.8 Å². The third kappa shape index (κ3) is 6.54. The maximum Gasteiger partial charge on any atom is 0.244 e. The SMILES string of the molecule is Cc1csc(NC(=O)C(Sc2ccc(NC(=O)Cc3ccccc3)cc2)c2ccccc2)n1. The van der Waals surface area contributed by atoms with Crippen molar-refractivity contribution in [3.05, 3.63) is 107 Å². The van der Waals surface area contributed by atoms with Crippen molar-refractivity contribution in [2.45, 2.75) is 23.5 Å². The Morgan fingerprint density at radius 2 is 1.58 bits per heavy atom. The largest absolute Gasteiger partial charge is 0.326 e. The highest BCUT2D eigenvalue weighted by molar-refractivity contribution is 8.00. The van der Waals surface area contributed by atoms with Gasteiger partial charge in [-0.25, -0.2) is 4.98 Å². The van der Waals surface area contributed by atoms with Crippen LogP contribution in [0.15, 0.2) is 95.2 Å². The first-order valence-electron chi connectivity index (χ1n) is 10.5. The molecule has 4 rings (SSSR count). The summed E-state index contributed by atoms with van der Waals surface area (Å²) in [5.74, 6) is -0.192. The highest BCUT2D eigenvalue weighted by Crippen LogP contribution is 2.37. The molecule has 166 valence electrons. The van der Waals surface area contributed by atoms with Gasteiger partial charge in [-0.3, -0.25) is 9.59 Å². The third-order valence-electron chi connectivity index (χ3n) is 4.79. The molecule has 0 saturated heterocycles. The first-order valence-corrected chi connectivity index (χ1v) is 12.2. The number of aromatic nitrogens is 1. The van der Waals surface area contributed by atoms with E-state index in [0.717, 1.165) is 27.4 Å². The summed E-state index contributed by atoms with van der Waals surface area (Å²) in [6.07, 6.45) is 0.323. The van der Waals surface area contributed by atoms with Crippen LogP contribution in [0.5, 0.6) is 0 Å². The van der Waals surface area contributed by atoms with Gasteiger partial charge in [0.2, 0.25) is 11.8 Å². The van der Waals surface area contributed by atoms with Gasteiger partial charge < -0.3 is 10.6 Å². The number of hydrogen-bond acceptors (Lipinski definition) is 5. The minimum absolute atomic E-state index is 0.0677. The van der Waals surface area contributed by atoms with Crippen LogP contribution in [0.25, 0.3) is 0 Å². The molecule has 0 spiro atoms. The van der Waals surface area contributed by atoms with Crippen molar-refractivity contribution in [2.24, 2.45) is 0 Å². The molecular formula is C26H23N3O2S2. The molecule has 1 aromatic heterocycles. The monoisotopic (exact) mass is 473 g/mol. The topological polar surface area (TPSA) is 71.1 Å². The summed E-state index contributed by atoms with van der Waals surface area (Å²) in [6, 6.07) is 26.9. The fourth-order valence-electron chi connectivity index (χ4n) is 3.22. The van der Waals surface area contributed by atoms with Crippen LogP contribution in [0.3, 0.4) is 0 Å². The molecule has 7 heteroatoms. The highest BCUT2D eigenvalue weighted by Gasteiger charge is 2.23. The van der Waals surface area contributed by atoms with E-state index in [0.29, 0.717) is 11.6 Å². The van der Waals surface area contributed by atoms with Gasteiger partial charge in [-0.15, -0.1) is 23.1 Å². The second-order valence-electron chi connectivity index (χ2n) is 7.43. The van der Waals surface area contributed by atoms with Crippen molar-refractivity contribution in [3.8, 4) is 0 Å². The maximum atomic E-state index is 13.1. The van der Waals surface area contributed by atoms with Crippen LogP contribution in [-0.2, 0) is 16.0 Å². The van der Waals surface area contributed by atoms with Crippen LogP contribution in [0, 0.1) is 6.92 Å². The Balaban J connectivity index is 1.43. The molecule has 33 heavy (non-hydrogen) atoms. The fourth-order valence-corrected chi connectivity index (χ4v) is 4.94. The van der Waals surface area contributed by atoms with E-state index in [-0.39, 0.29) is 11.8 Å². The quantitative estimate of drug-likeness (QED) is 0.303. The number of rotatable bonds is 8. The van der Waals surface area contributed by atoms with E-state index in [2.05, 4.69) is 15.6 Å². The van der Waals surface area contributed by atoms with E-state index in [1.54, 1.807) is 0 Å². The number of benzene rings is 3. The van der Waals surface area contributed by atoms with Gasteiger partial charge in [-0.05, 0) is 42.3 Å². The number of anilines is 2. The summed E-state index contributed by atoms with van der Waals surface area (Å²) in [5, 5.41) is 7.92. The molecule has 0 aliphatic rings. The third-order valence-corrected chi connectivity index (χ3v) is 6.93. The van der Waals surface area contributed by atoms with Crippen molar-refractivity contribution in [1.82, 2.24) is 4.98 Å². The smallest absolute Gasteiger partial charge is 0.244 e. The molecule has 2 amide bonds. The molecule has 0 saturated carbocycles. The second kappa shape index (κ2) is 10.9. The Labute approximate surface area is 201 Å². The fraction of sp³-hybridized carbons (Fsp3) is 0.115. The molecule has 0 radical (unpaired) electrons. The van der Waals surface area contributed by atoms with Crippen molar-refractivity contribution in [1.29, 1.82) is 0 Å². The van der Waals surface area contributed by atoms with Crippen LogP contribution in [0.1, 0.15) is 22.1 Å². The molecule has 0 bridgehead atoms. The Bertz CT molecular complexity index is 1210. The van der Waals surface area contributed by atoms with Gasteiger partial charge in [-0.1, -0.05) is 60.7 Å². The summed E-state index contributed by atoms with van der Waals surface area (Å²) in [5.41, 5.74) is 3.48. The van der Waals surface area contributed by atoms with E-state index < -0.39 is 5.25 Å². The molecule has 1 atom stereocenters. The molecule has 2 N–H and O–H groups in total. The number of thiazole rings is 1. The lowest BCUT2D eigenvalue weighted by atomic mass is 10.1. The molecule has 5 nitrogen and oxygen atoms in total. The average Bonchev–Trinajstić information content (AvgIpc) is 3.24. The zero-order valence-electron chi connectivity index (χ0n) is 18.0. The van der Waals surface area contributed by atoms with Crippen LogP contribution >= 0.6 is 23.1 Å². The normalized spacial score (nSPS) is 11.5. The molecule has 0 aliphatic heterocycles. The van der Waals surface area contributed by atoms with Gasteiger partial charge in [-0.2, -0.15) is 0 Å². The van der Waals surface area contributed by atoms with Crippen molar-refractivity contribution < 1.29 is 9.59 Å². The lowest BCUT2D eigenvalue weighted by Gasteiger charge is -2.16. The van der Waals surface area contributed by atoms with Gasteiger partial charge in [0.1, 0.15) is 5.25 Å². The predicted molar refractivity (Wildman–Crippen MR) is 136 cm³/mol. The Kier molecular flexibility index (Phi) is 7.55. The standard InChI is InChI=1S/C26H23N3O2S2/c1-18-17-32-26(27-18)29-25(31)24(20-10-6-3-7-11-20)33-22-14-12-21(13-15-22)28-23(30)16-19-8-4-2-5-9-19/h2-15,17,24H,16H2,1H3,(H,28,30)(H,27,29,31). The zero-order valence-corrected chi connectivity index (χ0v) is 19.7. The maximum absolute atomic E-state index is 13.1. The van der Waals surface area contributed by atoms with Gasteiger partial charge in [0.25, 0.3) is 0 Å². The summed E-state index contributed by atoms with van der Waals surface area (Å²) < 4.78 is 0. The number of carbonyl (C=O) groups excluding carboxylic acids is 2. The van der Waals surface area contributed by atoms with Gasteiger partial charge in [0.05, 0.1) is 12.1 Å². The second-order valence-corrected chi connectivity index (χ2v) is 9.46. The number of hydrogen-bond donors (Lipinski definition) is 2. The number of carbonyl (C=O) groups is 2. The van der Waals surface area contributed by atoms with Crippen LogP contribution in [0.2, 0.25) is 0 Å². The Hall–Kier alpha value is -3.42. The number of amides is 2. The van der Waals surface area contributed by atoms with Crippen molar-refractivity contribution in [2.75, 3.05) is 10.6 Å². The molecule has 4 aromatic rings. The summed E-state index contributed by atoms with van der Waals surface area (Å²) in [6.45, 7) is 1.90. The minimum atomic E-state index is -0.436. The summed E-state index contributed by atoms with van der Waals surface area (Å²) in [7, 11) is 0. The molecule has 0 fully saturated rings.